The standard InChI is InChI=1S/C16H32N4S/c1-17-15(18-12-14-8-7-11-21-14)19-13-16(20(2)3)9-5-4-6-10-16/h14H,4-13H2,1-3H3,(H2,17,18,19). The maximum atomic E-state index is 4.39. The SMILES string of the molecule is CN=C(NCC1CCCS1)NCC1(N(C)C)CCCCC1. The zero-order valence-corrected chi connectivity index (χ0v) is 14.8. The summed E-state index contributed by atoms with van der Waals surface area (Å²) in [6, 6.07) is 0. The topological polar surface area (TPSA) is 39.7 Å². The molecule has 2 rings (SSSR count). The molecule has 0 spiro atoms. The van der Waals surface area contributed by atoms with Crippen LogP contribution in [0.2, 0.25) is 0 Å². The van der Waals surface area contributed by atoms with E-state index < -0.39 is 0 Å². The van der Waals surface area contributed by atoms with Crippen LogP contribution in [0.1, 0.15) is 44.9 Å². The molecule has 122 valence electrons. The summed E-state index contributed by atoms with van der Waals surface area (Å²) in [5.74, 6) is 2.29. The Morgan fingerprint density at radius 2 is 1.95 bits per heavy atom. The second-order valence-corrected chi connectivity index (χ2v) is 8.03. The van der Waals surface area contributed by atoms with E-state index in [0.29, 0.717) is 5.54 Å². The number of rotatable bonds is 5. The minimum atomic E-state index is 0.304. The number of guanidine groups is 1. The molecule has 1 heterocycles. The second-order valence-electron chi connectivity index (χ2n) is 6.62. The average Bonchev–Trinajstić information content (AvgIpc) is 3.01. The molecular formula is C16H32N4S. The van der Waals surface area contributed by atoms with Crippen molar-refractivity contribution in [2.75, 3.05) is 40.0 Å². The fourth-order valence-corrected chi connectivity index (χ4v) is 4.68. The molecule has 0 aromatic rings. The number of likely N-dealkylation sites (N-methyl/N-ethyl adjacent to an activating group) is 1. The minimum absolute atomic E-state index is 0.304. The molecule has 0 radical (unpaired) electrons. The quantitative estimate of drug-likeness (QED) is 0.604. The van der Waals surface area contributed by atoms with Crippen LogP contribution in [0.4, 0.5) is 0 Å². The van der Waals surface area contributed by atoms with Gasteiger partial charge >= 0.3 is 0 Å². The highest BCUT2D eigenvalue weighted by atomic mass is 32.2. The molecule has 0 aromatic heterocycles. The number of hydrogen-bond donors (Lipinski definition) is 2. The van der Waals surface area contributed by atoms with E-state index in [9.17, 15) is 0 Å². The zero-order chi connectivity index (χ0) is 15.1. The minimum Gasteiger partial charge on any atom is -0.355 e. The number of nitrogens with zero attached hydrogens (tertiary/aromatic N) is 2. The molecule has 2 N–H and O–H groups in total. The molecule has 21 heavy (non-hydrogen) atoms. The number of hydrogen-bond acceptors (Lipinski definition) is 3. The van der Waals surface area contributed by atoms with Crippen LogP contribution in [-0.4, -0.2) is 61.6 Å². The van der Waals surface area contributed by atoms with Crippen molar-refractivity contribution in [2.24, 2.45) is 4.99 Å². The van der Waals surface area contributed by atoms with Crippen molar-refractivity contribution in [1.29, 1.82) is 0 Å². The van der Waals surface area contributed by atoms with E-state index in [0.717, 1.165) is 24.3 Å². The van der Waals surface area contributed by atoms with Crippen LogP contribution in [0.5, 0.6) is 0 Å². The molecule has 0 bridgehead atoms. The molecule has 1 aliphatic heterocycles. The summed E-state index contributed by atoms with van der Waals surface area (Å²) in [5.41, 5.74) is 0.304. The van der Waals surface area contributed by atoms with Gasteiger partial charge in [-0.25, -0.2) is 0 Å². The molecular weight excluding hydrogens is 280 g/mol. The molecule has 5 heteroatoms. The highest BCUT2D eigenvalue weighted by molar-refractivity contribution is 8.00. The summed E-state index contributed by atoms with van der Waals surface area (Å²) in [5, 5.41) is 7.84. The highest BCUT2D eigenvalue weighted by Crippen LogP contribution is 2.31. The second kappa shape index (κ2) is 8.28. The average molecular weight is 313 g/mol. The third kappa shape index (κ3) is 4.78. The van der Waals surface area contributed by atoms with Crippen molar-refractivity contribution in [3.8, 4) is 0 Å². The van der Waals surface area contributed by atoms with Gasteiger partial charge in [0.1, 0.15) is 0 Å². The number of aliphatic imine (C=N–C) groups is 1. The van der Waals surface area contributed by atoms with Crippen LogP contribution in [0.15, 0.2) is 4.99 Å². The van der Waals surface area contributed by atoms with Crippen molar-refractivity contribution >= 4 is 17.7 Å². The predicted molar refractivity (Wildman–Crippen MR) is 94.3 cm³/mol. The molecule has 1 atom stereocenters. The van der Waals surface area contributed by atoms with Crippen LogP contribution in [0, 0.1) is 0 Å². The Morgan fingerprint density at radius 3 is 2.52 bits per heavy atom. The molecule has 1 aliphatic carbocycles. The fraction of sp³-hybridized carbons (Fsp3) is 0.938. The summed E-state index contributed by atoms with van der Waals surface area (Å²) in [6.45, 7) is 2.04. The van der Waals surface area contributed by atoms with Crippen molar-refractivity contribution < 1.29 is 0 Å². The van der Waals surface area contributed by atoms with Crippen LogP contribution >= 0.6 is 11.8 Å². The van der Waals surface area contributed by atoms with Crippen LogP contribution < -0.4 is 10.6 Å². The van der Waals surface area contributed by atoms with E-state index in [4.69, 9.17) is 0 Å². The lowest BCUT2D eigenvalue weighted by Crippen LogP contribution is -2.55. The first kappa shape index (κ1) is 16.9. The first-order valence-electron chi connectivity index (χ1n) is 8.40. The van der Waals surface area contributed by atoms with E-state index in [1.54, 1.807) is 0 Å². The van der Waals surface area contributed by atoms with Crippen molar-refractivity contribution in [3.05, 3.63) is 0 Å². The van der Waals surface area contributed by atoms with Crippen LogP contribution in [-0.2, 0) is 0 Å². The van der Waals surface area contributed by atoms with Gasteiger partial charge in [0.25, 0.3) is 0 Å². The summed E-state index contributed by atoms with van der Waals surface area (Å²) >= 11 is 2.09. The smallest absolute Gasteiger partial charge is 0.191 e. The maximum absolute atomic E-state index is 4.39. The van der Waals surface area contributed by atoms with Gasteiger partial charge in [0.2, 0.25) is 0 Å². The lowest BCUT2D eigenvalue weighted by molar-refractivity contribution is 0.104. The largest absolute Gasteiger partial charge is 0.355 e. The van der Waals surface area contributed by atoms with Gasteiger partial charge in [0.15, 0.2) is 5.96 Å². The van der Waals surface area contributed by atoms with E-state index in [1.807, 2.05) is 7.05 Å². The van der Waals surface area contributed by atoms with Crippen molar-refractivity contribution in [2.45, 2.75) is 55.7 Å². The van der Waals surface area contributed by atoms with Crippen LogP contribution in [0.3, 0.4) is 0 Å². The van der Waals surface area contributed by atoms with Crippen molar-refractivity contribution in [3.63, 3.8) is 0 Å². The lowest BCUT2D eigenvalue weighted by Gasteiger charge is -2.43. The van der Waals surface area contributed by atoms with E-state index in [1.165, 1.54) is 50.7 Å². The Hall–Kier alpha value is -0.420. The monoisotopic (exact) mass is 312 g/mol. The molecule has 0 aromatic carbocycles. The predicted octanol–water partition coefficient (Wildman–Crippen LogP) is 2.31. The van der Waals surface area contributed by atoms with E-state index in [-0.39, 0.29) is 0 Å². The van der Waals surface area contributed by atoms with E-state index in [2.05, 4.69) is 46.4 Å². The molecule has 0 amide bonds. The van der Waals surface area contributed by atoms with Gasteiger partial charge < -0.3 is 15.5 Å². The zero-order valence-electron chi connectivity index (χ0n) is 14.0. The van der Waals surface area contributed by atoms with Crippen molar-refractivity contribution in [1.82, 2.24) is 15.5 Å². The van der Waals surface area contributed by atoms with Gasteiger partial charge in [0.05, 0.1) is 0 Å². The Balaban J connectivity index is 1.80. The molecule has 4 nitrogen and oxygen atoms in total. The first-order chi connectivity index (χ1) is 10.2. The van der Waals surface area contributed by atoms with Gasteiger partial charge in [-0.15, -0.1) is 0 Å². The Morgan fingerprint density at radius 1 is 1.19 bits per heavy atom. The van der Waals surface area contributed by atoms with Gasteiger partial charge in [-0.1, -0.05) is 19.3 Å². The van der Waals surface area contributed by atoms with Gasteiger partial charge in [-0.3, -0.25) is 4.99 Å². The normalized spacial score (nSPS) is 26.1. The first-order valence-corrected chi connectivity index (χ1v) is 9.45. The Labute approximate surface area is 134 Å². The van der Waals surface area contributed by atoms with Gasteiger partial charge in [-0.05, 0) is 45.5 Å². The van der Waals surface area contributed by atoms with Gasteiger partial charge in [0, 0.05) is 30.9 Å². The highest BCUT2D eigenvalue weighted by Gasteiger charge is 2.34. The Bertz CT molecular complexity index is 331. The van der Waals surface area contributed by atoms with Crippen LogP contribution in [0.25, 0.3) is 0 Å². The summed E-state index contributed by atoms with van der Waals surface area (Å²) < 4.78 is 0. The summed E-state index contributed by atoms with van der Waals surface area (Å²) in [4.78, 5) is 6.81. The summed E-state index contributed by atoms with van der Waals surface area (Å²) in [7, 11) is 6.32. The molecule has 1 saturated carbocycles. The summed E-state index contributed by atoms with van der Waals surface area (Å²) in [6.07, 6.45) is 9.39. The maximum Gasteiger partial charge on any atom is 0.191 e. The molecule has 2 aliphatic rings. The molecule has 1 unspecified atom stereocenters. The fourth-order valence-electron chi connectivity index (χ4n) is 3.48. The third-order valence-corrected chi connectivity index (χ3v) is 6.46. The lowest BCUT2D eigenvalue weighted by atomic mass is 9.80. The number of thioether (sulfide) groups is 1. The molecule has 2 fully saturated rings. The molecule has 1 saturated heterocycles. The third-order valence-electron chi connectivity index (χ3n) is 5.06. The number of nitrogens with one attached hydrogen (secondary N) is 2. The van der Waals surface area contributed by atoms with E-state index >= 15 is 0 Å². The van der Waals surface area contributed by atoms with Gasteiger partial charge in [-0.2, -0.15) is 11.8 Å². The Kier molecular flexibility index (Phi) is 6.68.